The van der Waals surface area contributed by atoms with Gasteiger partial charge >= 0.3 is 0 Å². The summed E-state index contributed by atoms with van der Waals surface area (Å²) in [6.07, 6.45) is 0. The highest BCUT2D eigenvalue weighted by Crippen LogP contribution is 2.23. The molecular weight excluding hydrogens is 309 g/mol. The van der Waals surface area contributed by atoms with Gasteiger partial charge in [-0.1, -0.05) is 0 Å². The first-order valence-electron chi connectivity index (χ1n) is 4.44. The Morgan fingerprint density at radius 1 is 1.67 bits per heavy atom. The van der Waals surface area contributed by atoms with Crippen LogP contribution in [0.15, 0.2) is 18.2 Å². The number of nitrogens with zero attached hydrogens (tertiary/aromatic N) is 1. The monoisotopic (exact) mass is 321 g/mol. The van der Waals surface area contributed by atoms with Crippen molar-refractivity contribution < 1.29 is 4.92 Å². The van der Waals surface area contributed by atoms with Crippen molar-refractivity contribution in [2.45, 2.75) is 13.0 Å². The van der Waals surface area contributed by atoms with Crippen molar-refractivity contribution in [3.63, 3.8) is 0 Å². The minimum absolute atomic E-state index is 0.0536. The Labute approximate surface area is 101 Å². The van der Waals surface area contributed by atoms with E-state index in [1.165, 1.54) is 6.07 Å². The van der Waals surface area contributed by atoms with E-state index in [0.29, 0.717) is 10.1 Å². The van der Waals surface area contributed by atoms with Crippen molar-refractivity contribution in [1.29, 1.82) is 0 Å². The van der Waals surface area contributed by atoms with Crippen LogP contribution in [-0.2, 0) is 0 Å². The highest BCUT2D eigenvalue weighted by Gasteiger charge is 2.11. The zero-order chi connectivity index (χ0) is 11.4. The first-order chi connectivity index (χ1) is 7.00. The fourth-order valence-corrected chi connectivity index (χ4v) is 1.76. The molecule has 15 heavy (non-hydrogen) atoms. The lowest BCUT2D eigenvalue weighted by atomic mass is 10.2. The Bertz CT molecular complexity index is 368. The molecule has 5 nitrogen and oxygen atoms in total. The van der Waals surface area contributed by atoms with E-state index in [9.17, 15) is 10.1 Å². The van der Waals surface area contributed by atoms with E-state index in [4.69, 9.17) is 5.73 Å². The maximum absolute atomic E-state index is 10.6. The highest BCUT2D eigenvalue weighted by molar-refractivity contribution is 14.1. The van der Waals surface area contributed by atoms with Gasteiger partial charge in [-0.2, -0.15) is 0 Å². The first-order valence-corrected chi connectivity index (χ1v) is 5.52. The fraction of sp³-hybridized carbons (Fsp3) is 0.333. The smallest absolute Gasteiger partial charge is 0.282 e. The molecule has 1 aromatic carbocycles. The summed E-state index contributed by atoms with van der Waals surface area (Å²) in [6.45, 7) is 2.54. The number of anilines is 1. The van der Waals surface area contributed by atoms with Gasteiger partial charge in [-0.15, -0.1) is 0 Å². The van der Waals surface area contributed by atoms with Crippen molar-refractivity contribution in [3.8, 4) is 0 Å². The fourth-order valence-electron chi connectivity index (χ4n) is 1.04. The zero-order valence-corrected chi connectivity index (χ0v) is 10.4. The van der Waals surface area contributed by atoms with Crippen LogP contribution in [0.3, 0.4) is 0 Å². The molecule has 0 radical (unpaired) electrons. The number of benzene rings is 1. The van der Waals surface area contributed by atoms with Crippen molar-refractivity contribution in [3.05, 3.63) is 31.9 Å². The molecule has 0 bridgehead atoms. The summed E-state index contributed by atoms with van der Waals surface area (Å²) < 4.78 is 0.618. The lowest BCUT2D eigenvalue weighted by Crippen LogP contribution is -2.25. The van der Waals surface area contributed by atoms with E-state index in [2.05, 4.69) is 5.32 Å². The zero-order valence-electron chi connectivity index (χ0n) is 8.24. The molecule has 1 aromatic rings. The number of nitrogens with one attached hydrogen (secondary N) is 1. The Morgan fingerprint density at radius 2 is 2.33 bits per heavy atom. The molecule has 82 valence electrons. The van der Waals surface area contributed by atoms with E-state index in [1.807, 2.05) is 29.5 Å². The van der Waals surface area contributed by atoms with Gasteiger partial charge in [0.15, 0.2) is 0 Å². The second kappa shape index (κ2) is 5.26. The molecule has 0 spiro atoms. The van der Waals surface area contributed by atoms with Crippen LogP contribution >= 0.6 is 22.6 Å². The molecule has 0 aliphatic heterocycles. The second-order valence-corrected chi connectivity index (χ2v) is 4.44. The van der Waals surface area contributed by atoms with Gasteiger partial charge in [-0.3, -0.25) is 10.1 Å². The average Bonchev–Trinajstić information content (AvgIpc) is 2.14. The number of nitro groups is 1. The number of hydrogen-bond acceptors (Lipinski definition) is 4. The van der Waals surface area contributed by atoms with Gasteiger partial charge in [-0.25, -0.2) is 0 Å². The summed E-state index contributed by atoms with van der Waals surface area (Å²) >= 11 is 1.95. The predicted octanol–water partition coefficient (Wildman–Crippen LogP) is 1.96. The molecule has 0 saturated heterocycles. The van der Waals surface area contributed by atoms with Gasteiger partial charge in [0.05, 0.1) is 8.49 Å². The lowest BCUT2D eigenvalue weighted by molar-refractivity contribution is -0.385. The Morgan fingerprint density at radius 3 is 2.80 bits per heavy atom. The average molecular weight is 321 g/mol. The topological polar surface area (TPSA) is 81.2 Å². The van der Waals surface area contributed by atoms with Gasteiger partial charge in [0.2, 0.25) is 0 Å². The summed E-state index contributed by atoms with van der Waals surface area (Å²) in [5.41, 5.74) is 6.56. The minimum atomic E-state index is -0.392. The van der Waals surface area contributed by atoms with Gasteiger partial charge in [-0.05, 0) is 41.6 Å². The molecule has 0 aromatic heterocycles. The molecule has 6 heteroatoms. The lowest BCUT2D eigenvalue weighted by Gasteiger charge is -2.09. The molecule has 1 atom stereocenters. The molecule has 3 N–H and O–H groups in total. The number of nitrogens with two attached hydrogens (primary N) is 1. The van der Waals surface area contributed by atoms with Crippen LogP contribution < -0.4 is 11.1 Å². The second-order valence-electron chi connectivity index (χ2n) is 3.28. The number of hydrogen-bond donors (Lipinski definition) is 2. The summed E-state index contributed by atoms with van der Waals surface area (Å²) in [7, 11) is 0. The quantitative estimate of drug-likeness (QED) is 0.505. The van der Waals surface area contributed by atoms with Gasteiger partial charge in [0.1, 0.15) is 0 Å². The standard InChI is InChI=1S/C9H12IN3O2/c1-6(11)5-12-7-2-3-9(13(14)15)8(10)4-7/h2-4,6,12H,5,11H2,1H3. The van der Waals surface area contributed by atoms with Crippen LogP contribution in [0.5, 0.6) is 0 Å². The van der Waals surface area contributed by atoms with Crippen LogP contribution in [0, 0.1) is 13.7 Å². The third-order valence-corrected chi connectivity index (χ3v) is 2.64. The van der Waals surface area contributed by atoms with E-state index >= 15 is 0 Å². The Balaban J connectivity index is 2.78. The minimum Gasteiger partial charge on any atom is -0.383 e. The summed E-state index contributed by atoms with van der Waals surface area (Å²) in [6, 6.07) is 4.97. The van der Waals surface area contributed by atoms with E-state index < -0.39 is 4.92 Å². The third-order valence-electron chi connectivity index (χ3n) is 1.77. The molecule has 0 amide bonds. The van der Waals surface area contributed by atoms with Crippen LogP contribution in [0.1, 0.15) is 6.92 Å². The predicted molar refractivity (Wildman–Crippen MR) is 68.0 cm³/mol. The SMILES string of the molecule is CC(N)CNc1ccc([N+](=O)[O-])c(I)c1. The summed E-state index contributed by atoms with van der Waals surface area (Å²) in [4.78, 5) is 10.2. The maximum atomic E-state index is 10.6. The third kappa shape index (κ3) is 3.63. The summed E-state index contributed by atoms with van der Waals surface area (Å²) in [5.74, 6) is 0. The maximum Gasteiger partial charge on any atom is 0.282 e. The number of rotatable bonds is 4. The van der Waals surface area contributed by atoms with Gasteiger partial charge in [0, 0.05) is 24.3 Å². The highest BCUT2D eigenvalue weighted by atomic mass is 127. The van der Waals surface area contributed by atoms with E-state index in [-0.39, 0.29) is 11.7 Å². The van der Waals surface area contributed by atoms with Crippen molar-refractivity contribution in [1.82, 2.24) is 0 Å². The molecule has 0 fully saturated rings. The first kappa shape index (κ1) is 12.2. The van der Waals surface area contributed by atoms with Crippen LogP contribution in [0.2, 0.25) is 0 Å². The molecule has 1 rings (SSSR count). The van der Waals surface area contributed by atoms with E-state index in [0.717, 1.165) is 5.69 Å². The van der Waals surface area contributed by atoms with Crippen molar-refractivity contribution >= 4 is 34.0 Å². The molecule has 0 aliphatic carbocycles. The molecule has 0 heterocycles. The van der Waals surface area contributed by atoms with Crippen LogP contribution in [-0.4, -0.2) is 17.5 Å². The summed E-state index contributed by atoms with van der Waals surface area (Å²) in [5, 5.41) is 13.7. The Kier molecular flexibility index (Phi) is 4.28. The Hall–Kier alpha value is -0.890. The van der Waals surface area contributed by atoms with Crippen molar-refractivity contribution in [2.24, 2.45) is 5.73 Å². The van der Waals surface area contributed by atoms with Crippen LogP contribution in [0.4, 0.5) is 11.4 Å². The van der Waals surface area contributed by atoms with Gasteiger partial charge in [0.25, 0.3) is 5.69 Å². The molecule has 1 unspecified atom stereocenters. The number of halogens is 1. The molecule has 0 saturated carbocycles. The van der Waals surface area contributed by atoms with Gasteiger partial charge < -0.3 is 11.1 Å². The molecular formula is C9H12IN3O2. The largest absolute Gasteiger partial charge is 0.383 e. The molecule has 0 aliphatic rings. The number of nitro benzene ring substituents is 1. The normalized spacial score (nSPS) is 12.2. The van der Waals surface area contributed by atoms with Crippen LogP contribution in [0.25, 0.3) is 0 Å². The van der Waals surface area contributed by atoms with Crippen molar-refractivity contribution in [2.75, 3.05) is 11.9 Å². The van der Waals surface area contributed by atoms with E-state index in [1.54, 1.807) is 12.1 Å².